The SMILES string of the molecule is Cc1nn(-c2ccc(F)cc2)c(C)c1C(=O)NCc1ccc(COCC(F)(F)F)cc1. The van der Waals surface area contributed by atoms with Gasteiger partial charge in [-0.15, -0.1) is 0 Å². The molecule has 164 valence electrons. The third kappa shape index (κ3) is 5.91. The van der Waals surface area contributed by atoms with Gasteiger partial charge in [0.25, 0.3) is 5.91 Å². The molecule has 5 nitrogen and oxygen atoms in total. The Balaban J connectivity index is 1.61. The van der Waals surface area contributed by atoms with Gasteiger partial charge in [0.2, 0.25) is 0 Å². The molecular formula is C22H21F4N3O2. The summed E-state index contributed by atoms with van der Waals surface area (Å²) >= 11 is 0. The molecule has 3 rings (SSSR count). The second kappa shape index (κ2) is 9.30. The predicted octanol–water partition coefficient (Wildman–Crippen LogP) is 4.64. The van der Waals surface area contributed by atoms with Crippen molar-refractivity contribution in [3.05, 3.63) is 82.4 Å². The number of alkyl halides is 3. The van der Waals surface area contributed by atoms with E-state index in [0.29, 0.717) is 28.2 Å². The van der Waals surface area contributed by atoms with Crippen LogP contribution >= 0.6 is 0 Å². The number of rotatable bonds is 7. The molecule has 9 heteroatoms. The van der Waals surface area contributed by atoms with E-state index in [0.717, 1.165) is 5.56 Å². The zero-order valence-corrected chi connectivity index (χ0v) is 17.0. The Morgan fingerprint density at radius 3 is 2.26 bits per heavy atom. The van der Waals surface area contributed by atoms with Crippen molar-refractivity contribution in [2.45, 2.75) is 33.2 Å². The van der Waals surface area contributed by atoms with Crippen molar-refractivity contribution in [1.82, 2.24) is 15.1 Å². The maximum Gasteiger partial charge on any atom is 0.411 e. The van der Waals surface area contributed by atoms with Crippen LogP contribution in [0, 0.1) is 19.7 Å². The van der Waals surface area contributed by atoms with E-state index in [1.807, 2.05) is 0 Å². The Bertz CT molecular complexity index is 1040. The van der Waals surface area contributed by atoms with Gasteiger partial charge in [-0.25, -0.2) is 9.07 Å². The minimum atomic E-state index is -4.36. The number of benzene rings is 2. The number of carbonyl (C=O) groups is 1. The van der Waals surface area contributed by atoms with E-state index < -0.39 is 12.8 Å². The van der Waals surface area contributed by atoms with Crippen LogP contribution in [0.3, 0.4) is 0 Å². The quantitative estimate of drug-likeness (QED) is 0.551. The second-order valence-electron chi connectivity index (χ2n) is 7.04. The van der Waals surface area contributed by atoms with Gasteiger partial charge in [0.05, 0.1) is 29.2 Å². The van der Waals surface area contributed by atoms with E-state index in [2.05, 4.69) is 15.2 Å². The summed E-state index contributed by atoms with van der Waals surface area (Å²) < 4.78 is 55.7. The number of hydrogen-bond acceptors (Lipinski definition) is 3. The van der Waals surface area contributed by atoms with Gasteiger partial charge in [0, 0.05) is 6.54 Å². The van der Waals surface area contributed by atoms with Gasteiger partial charge >= 0.3 is 6.18 Å². The fourth-order valence-corrected chi connectivity index (χ4v) is 3.11. The van der Waals surface area contributed by atoms with Crippen molar-refractivity contribution in [2.24, 2.45) is 0 Å². The zero-order valence-electron chi connectivity index (χ0n) is 17.0. The number of nitrogens with zero attached hydrogens (tertiary/aromatic N) is 2. The van der Waals surface area contributed by atoms with Gasteiger partial charge in [0.15, 0.2) is 0 Å². The van der Waals surface area contributed by atoms with Gasteiger partial charge in [-0.05, 0) is 49.2 Å². The van der Waals surface area contributed by atoms with Crippen LogP contribution in [0.15, 0.2) is 48.5 Å². The summed E-state index contributed by atoms with van der Waals surface area (Å²) in [6, 6.07) is 12.5. The molecule has 2 aromatic carbocycles. The number of aryl methyl sites for hydroxylation is 1. The van der Waals surface area contributed by atoms with Crippen LogP contribution in [0.5, 0.6) is 0 Å². The van der Waals surface area contributed by atoms with Crippen molar-refractivity contribution < 1.29 is 27.1 Å². The number of ether oxygens (including phenoxy) is 1. The minimum absolute atomic E-state index is 0.146. The van der Waals surface area contributed by atoms with Crippen molar-refractivity contribution in [1.29, 1.82) is 0 Å². The Kier molecular flexibility index (Phi) is 6.74. The summed E-state index contributed by atoms with van der Waals surface area (Å²) in [5.41, 5.74) is 3.63. The molecule has 0 bridgehead atoms. The molecule has 0 saturated carbocycles. The number of nitrogens with one attached hydrogen (secondary N) is 1. The molecule has 0 radical (unpaired) electrons. The lowest BCUT2D eigenvalue weighted by Crippen LogP contribution is -2.24. The van der Waals surface area contributed by atoms with Crippen molar-refractivity contribution in [3.8, 4) is 5.69 Å². The highest BCUT2D eigenvalue weighted by molar-refractivity contribution is 5.96. The van der Waals surface area contributed by atoms with E-state index in [9.17, 15) is 22.4 Å². The number of amides is 1. The molecule has 1 heterocycles. The molecule has 0 aliphatic rings. The molecule has 0 fully saturated rings. The highest BCUT2D eigenvalue weighted by Gasteiger charge is 2.27. The molecule has 1 aromatic heterocycles. The number of aromatic nitrogens is 2. The first-order chi connectivity index (χ1) is 14.6. The van der Waals surface area contributed by atoms with Gasteiger partial charge in [-0.2, -0.15) is 18.3 Å². The second-order valence-corrected chi connectivity index (χ2v) is 7.04. The molecule has 0 spiro atoms. The normalized spacial score (nSPS) is 11.5. The maximum atomic E-state index is 13.2. The first-order valence-electron chi connectivity index (χ1n) is 9.47. The Morgan fingerprint density at radius 1 is 1.03 bits per heavy atom. The van der Waals surface area contributed by atoms with Gasteiger partial charge in [-0.3, -0.25) is 4.79 Å². The van der Waals surface area contributed by atoms with Crippen molar-refractivity contribution in [2.75, 3.05) is 6.61 Å². The summed E-state index contributed by atoms with van der Waals surface area (Å²) in [4.78, 5) is 12.7. The van der Waals surface area contributed by atoms with E-state index in [-0.39, 0.29) is 24.9 Å². The topological polar surface area (TPSA) is 56.2 Å². The van der Waals surface area contributed by atoms with Crippen LogP contribution in [0.4, 0.5) is 17.6 Å². The van der Waals surface area contributed by atoms with Crippen LogP contribution in [-0.4, -0.2) is 28.5 Å². The maximum absolute atomic E-state index is 13.2. The molecule has 0 unspecified atom stereocenters. The highest BCUT2D eigenvalue weighted by Crippen LogP contribution is 2.19. The lowest BCUT2D eigenvalue weighted by Gasteiger charge is -2.09. The lowest BCUT2D eigenvalue weighted by atomic mass is 10.1. The smallest absolute Gasteiger partial charge is 0.367 e. The molecule has 3 aromatic rings. The number of hydrogen-bond donors (Lipinski definition) is 1. The molecule has 0 saturated heterocycles. The van der Waals surface area contributed by atoms with Crippen LogP contribution in [-0.2, 0) is 17.9 Å². The molecule has 1 N–H and O–H groups in total. The standard InChI is InChI=1S/C22H21F4N3O2/c1-14-20(15(2)29(28-14)19-9-7-18(23)8-10-19)21(30)27-11-16-3-5-17(6-4-16)12-31-13-22(24,25)26/h3-10H,11-13H2,1-2H3,(H,27,30). The first kappa shape index (κ1) is 22.5. The van der Waals surface area contributed by atoms with Crippen LogP contribution in [0.2, 0.25) is 0 Å². The Labute approximate surface area is 176 Å². The van der Waals surface area contributed by atoms with E-state index in [4.69, 9.17) is 0 Å². The molecule has 31 heavy (non-hydrogen) atoms. The first-order valence-corrected chi connectivity index (χ1v) is 9.47. The lowest BCUT2D eigenvalue weighted by molar-refractivity contribution is -0.176. The average molecular weight is 435 g/mol. The van der Waals surface area contributed by atoms with E-state index in [1.165, 1.54) is 12.1 Å². The molecular weight excluding hydrogens is 414 g/mol. The van der Waals surface area contributed by atoms with Crippen LogP contribution in [0.25, 0.3) is 5.69 Å². The molecule has 0 atom stereocenters. The third-order valence-electron chi connectivity index (χ3n) is 4.60. The fourth-order valence-electron chi connectivity index (χ4n) is 3.11. The fraction of sp³-hybridized carbons (Fsp3) is 0.273. The number of halogens is 4. The Hall–Kier alpha value is -3.20. The van der Waals surface area contributed by atoms with Crippen LogP contribution in [0.1, 0.15) is 32.9 Å². The largest absolute Gasteiger partial charge is 0.411 e. The van der Waals surface area contributed by atoms with Gasteiger partial charge in [-0.1, -0.05) is 24.3 Å². The van der Waals surface area contributed by atoms with E-state index in [1.54, 1.807) is 54.9 Å². The monoisotopic (exact) mass is 435 g/mol. The highest BCUT2D eigenvalue weighted by atomic mass is 19.4. The summed E-state index contributed by atoms with van der Waals surface area (Å²) in [6.07, 6.45) is -4.36. The molecule has 0 aliphatic carbocycles. The minimum Gasteiger partial charge on any atom is -0.367 e. The van der Waals surface area contributed by atoms with Gasteiger partial charge in [0.1, 0.15) is 12.4 Å². The average Bonchev–Trinajstić information content (AvgIpc) is 3.01. The summed E-state index contributed by atoms with van der Waals surface area (Å²) in [7, 11) is 0. The molecule has 1 amide bonds. The predicted molar refractivity (Wildman–Crippen MR) is 106 cm³/mol. The molecule has 0 aliphatic heterocycles. The Morgan fingerprint density at radius 2 is 1.65 bits per heavy atom. The zero-order chi connectivity index (χ0) is 22.6. The summed E-state index contributed by atoms with van der Waals surface area (Å²) in [5.74, 6) is -0.665. The van der Waals surface area contributed by atoms with Crippen molar-refractivity contribution >= 4 is 5.91 Å². The van der Waals surface area contributed by atoms with E-state index >= 15 is 0 Å². The number of carbonyl (C=O) groups excluding carboxylic acids is 1. The third-order valence-corrected chi connectivity index (χ3v) is 4.60. The summed E-state index contributed by atoms with van der Waals surface area (Å²) in [5, 5.41) is 7.20. The van der Waals surface area contributed by atoms with Crippen molar-refractivity contribution in [3.63, 3.8) is 0 Å². The van der Waals surface area contributed by atoms with Crippen LogP contribution < -0.4 is 5.32 Å². The summed E-state index contributed by atoms with van der Waals surface area (Å²) in [6.45, 7) is 2.27. The van der Waals surface area contributed by atoms with Gasteiger partial charge < -0.3 is 10.1 Å².